The van der Waals surface area contributed by atoms with Crippen LogP contribution in [-0.2, 0) is 11.3 Å². The topological polar surface area (TPSA) is 72.6 Å². The minimum absolute atomic E-state index is 0.113. The Labute approximate surface area is 85.3 Å². The average Bonchev–Trinajstić information content (AvgIpc) is 2.59. The van der Waals surface area contributed by atoms with Crippen LogP contribution in [0.3, 0.4) is 0 Å². The van der Waals surface area contributed by atoms with Gasteiger partial charge in [-0.3, -0.25) is 0 Å². The molecule has 0 saturated heterocycles. The Morgan fingerprint density at radius 1 is 1.60 bits per heavy atom. The molecule has 0 atom stereocenters. The number of hydrogen-bond donors (Lipinski definition) is 1. The fraction of sp³-hybridized carbons (Fsp3) is 0.200. The highest BCUT2D eigenvalue weighted by molar-refractivity contribution is 5.99. The number of benzene rings is 1. The first-order valence-corrected chi connectivity index (χ1v) is 4.33. The average molecular weight is 207 g/mol. The van der Waals surface area contributed by atoms with Crippen molar-refractivity contribution in [2.45, 2.75) is 6.61 Å². The van der Waals surface area contributed by atoms with Crippen molar-refractivity contribution in [3.8, 4) is 0 Å². The largest absolute Gasteiger partial charge is 0.478 e. The zero-order chi connectivity index (χ0) is 10.8. The minimum Gasteiger partial charge on any atom is -0.478 e. The van der Waals surface area contributed by atoms with Gasteiger partial charge in [0.05, 0.1) is 0 Å². The molecule has 0 bridgehead atoms. The van der Waals surface area contributed by atoms with E-state index < -0.39 is 5.97 Å². The first-order chi connectivity index (χ1) is 7.22. The molecule has 0 saturated carbocycles. The van der Waals surface area contributed by atoms with Crippen molar-refractivity contribution in [2.75, 3.05) is 7.11 Å². The van der Waals surface area contributed by atoms with Gasteiger partial charge in [-0.2, -0.15) is 0 Å². The quantitative estimate of drug-likeness (QED) is 0.828. The fourth-order valence-corrected chi connectivity index (χ4v) is 1.35. The van der Waals surface area contributed by atoms with E-state index in [1.165, 1.54) is 13.2 Å². The summed E-state index contributed by atoms with van der Waals surface area (Å²) >= 11 is 0. The molecule has 2 rings (SSSR count). The molecule has 0 aliphatic rings. The standard InChI is InChI=1S/C10H9NO4/c1-14-5-8-11-7-4-2-3-6(10(12)13)9(7)15-8/h2-4H,5H2,1H3,(H,12,13). The predicted octanol–water partition coefficient (Wildman–Crippen LogP) is 1.67. The molecule has 5 nitrogen and oxygen atoms in total. The highest BCUT2D eigenvalue weighted by Crippen LogP contribution is 2.20. The lowest BCUT2D eigenvalue weighted by atomic mass is 10.2. The molecular formula is C10H9NO4. The third kappa shape index (κ3) is 1.69. The summed E-state index contributed by atoms with van der Waals surface area (Å²) in [6.07, 6.45) is 0. The van der Waals surface area contributed by atoms with Gasteiger partial charge in [0.1, 0.15) is 17.7 Å². The Bertz CT molecular complexity index is 503. The number of carbonyl (C=O) groups is 1. The van der Waals surface area contributed by atoms with Crippen molar-refractivity contribution in [1.82, 2.24) is 4.98 Å². The molecule has 0 amide bonds. The van der Waals surface area contributed by atoms with E-state index in [2.05, 4.69) is 4.98 Å². The summed E-state index contributed by atoms with van der Waals surface area (Å²) in [5, 5.41) is 8.90. The van der Waals surface area contributed by atoms with Crippen molar-refractivity contribution < 1.29 is 19.1 Å². The summed E-state index contributed by atoms with van der Waals surface area (Å²) in [6, 6.07) is 4.81. The number of carboxylic acids is 1. The maximum Gasteiger partial charge on any atom is 0.339 e. The first-order valence-electron chi connectivity index (χ1n) is 4.33. The van der Waals surface area contributed by atoms with Gasteiger partial charge in [0.15, 0.2) is 5.58 Å². The molecule has 1 aromatic carbocycles. The molecule has 0 radical (unpaired) electrons. The molecular weight excluding hydrogens is 198 g/mol. The Balaban J connectivity index is 2.59. The maximum atomic E-state index is 10.9. The molecule has 0 fully saturated rings. The summed E-state index contributed by atoms with van der Waals surface area (Å²) in [6.45, 7) is 0.230. The van der Waals surface area contributed by atoms with E-state index in [0.717, 1.165) is 0 Å². The van der Waals surface area contributed by atoms with E-state index in [1.54, 1.807) is 12.1 Å². The van der Waals surface area contributed by atoms with Crippen LogP contribution in [0.2, 0.25) is 0 Å². The number of hydrogen-bond acceptors (Lipinski definition) is 4. The monoisotopic (exact) mass is 207 g/mol. The molecule has 0 unspecified atom stereocenters. The van der Waals surface area contributed by atoms with Gasteiger partial charge in [-0.15, -0.1) is 0 Å². The third-order valence-corrected chi connectivity index (χ3v) is 1.96. The number of methoxy groups -OCH3 is 1. The van der Waals surface area contributed by atoms with Crippen LogP contribution in [0, 0.1) is 0 Å². The van der Waals surface area contributed by atoms with Gasteiger partial charge in [-0.25, -0.2) is 9.78 Å². The van der Waals surface area contributed by atoms with E-state index in [9.17, 15) is 4.79 Å². The molecule has 15 heavy (non-hydrogen) atoms. The highest BCUT2D eigenvalue weighted by atomic mass is 16.5. The van der Waals surface area contributed by atoms with Gasteiger partial charge in [0, 0.05) is 7.11 Å². The summed E-state index contributed by atoms with van der Waals surface area (Å²) in [4.78, 5) is 15.0. The van der Waals surface area contributed by atoms with Gasteiger partial charge >= 0.3 is 5.97 Å². The maximum absolute atomic E-state index is 10.9. The SMILES string of the molecule is COCc1nc2cccc(C(=O)O)c2o1. The van der Waals surface area contributed by atoms with Crippen LogP contribution in [0.1, 0.15) is 16.2 Å². The molecule has 1 heterocycles. The Kier molecular flexibility index (Phi) is 2.39. The van der Waals surface area contributed by atoms with Crippen molar-refractivity contribution in [3.63, 3.8) is 0 Å². The summed E-state index contributed by atoms with van der Waals surface area (Å²) < 4.78 is 10.1. The van der Waals surface area contributed by atoms with Crippen LogP contribution < -0.4 is 0 Å². The first kappa shape index (κ1) is 9.67. The number of aromatic carboxylic acids is 1. The van der Waals surface area contributed by atoms with Crippen LogP contribution >= 0.6 is 0 Å². The van der Waals surface area contributed by atoms with Crippen molar-refractivity contribution in [2.24, 2.45) is 0 Å². The summed E-state index contributed by atoms with van der Waals surface area (Å²) in [5.74, 6) is -0.651. The number of carboxylic acid groups (broad SMARTS) is 1. The Morgan fingerprint density at radius 3 is 3.07 bits per heavy atom. The fourth-order valence-electron chi connectivity index (χ4n) is 1.35. The molecule has 5 heteroatoms. The van der Waals surface area contributed by atoms with E-state index in [-0.39, 0.29) is 17.8 Å². The number of aromatic nitrogens is 1. The lowest BCUT2D eigenvalue weighted by Crippen LogP contribution is -1.95. The van der Waals surface area contributed by atoms with Gasteiger partial charge < -0.3 is 14.3 Å². The zero-order valence-corrected chi connectivity index (χ0v) is 8.06. The van der Waals surface area contributed by atoms with Crippen LogP contribution in [0.15, 0.2) is 22.6 Å². The number of fused-ring (bicyclic) bond motifs is 1. The normalized spacial score (nSPS) is 10.7. The van der Waals surface area contributed by atoms with Gasteiger partial charge in [0.25, 0.3) is 0 Å². The number of rotatable bonds is 3. The van der Waals surface area contributed by atoms with Crippen molar-refractivity contribution in [3.05, 3.63) is 29.7 Å². The highest BCUT2D eigenvalue weighted by Gasteiger charge is 2.13. The van der Waals surface area contributed by atoms with Crippen molar-refractivity contribution in [1.29, 1.82) is 0 Å². The summed E-state index contributed by atoms with van der Waals surface area (Å²) in [5.41, 5.74) is 0.932. The Hall–Kier alpha value is -1.88. The molecule has 1 N–H and O–H groups in total. The third-order valence-electron chi connectivity index (χ3n) is 1.96. The zero-order valence-electron chi connectivity index (χ0n) is 8.06. The predicted molar refractivity (Wildman–Crippen MR) is 51.7 cm³/mol. The van der Waals surface area contributed by atoms with Gasteiger partial charge in [-0.1, -0.05) is 6.07 Å². The number of ether oxygens (including phenoxy) is 1. The van der Waals surface area contributed by atoms with Crippen LogP contribution in [0.25, 0.3) is 11.1 Å². The second-order valence-electron chi connectivity index (χ2n) is 3.00. The lowest BCUT2D eigenvalue weighted by molar-refractivity contribution is 0.0697. The van der Waals surface area contributed by atoms with Crippen LogP contribution in [0.5, 0.6) is 0 Å². The van der Waals surface area contributed by atoms with E-state index >= 15 is 0 Å². The van der Waals surface area contributed by atoms with E-state index in [1.807, 2.05) is 0 Å². The molecule has 0 aliphatic heterocycles. The van der Waals surface area contributed by atoms with E-state index in [4.69, 9.17) is 14.3 Å². The van der Waals surface area contributed by atoms with Gasteiger partial charge in [0.2, 0.25) is 5.89 Å². The van der Waals surface area contributed by atoms with Crippen molar-refractivity contribution >= 4 is 17.1 Å². The number of para-hydroxylation sites is 1. The second-order valence-corrected chi connectivity index (χ2v) is 3.00. The molecule has 1 aromatic heterocycles. The van der Waals surface area contributed by atoms with Crippen LogP contribution in [-0.4, -0.2) is 23.2 Å². The number of nitrogens with zero attached hydrogens (tertiary/aromatic N) is 1. The second kappa shape index (κ2) is 3.70. The smallest absolute Gasteiger partial charge is 0.339 e. The minimum atomic E-state index is -1.03. The summed E-state index contributed by atoms with van der Waals surface area (Å²) in [7, 11) is 1.52. The van der Waals surface area contributed by atoms with Crippen LogP contribution in [0.4, 0.5) is 0 Å². The molecule has 78 valence electrons. The lowest BCUT2D eigenvalue weighted by Gasteiger charge is -1.93. The molecule has 2 aromatic rings. The van der Waals surface area contributed by atoms with E-state index in [0.29, 0.717) is 11.4 Å². The van der Waals surface area contributed by atoms with Gasteiger partial charge in [-0.05, 0) is 12.1 Å². The number of oxazole rings is 1. The molecule has 0 aliphatic carbocycles. The Morgan fingerprint density at radius 2 is 2.40 bits per heavy atom. The molecule has 0 spiro atoms.